The fraction of sp³-hybridized carbons (Fsp3) is 0.750. The second kappa shape index (κ2) is 6.01. The number of rotatable bonds is 6. The summed E-state index contributed by atoms with van der Waals surface area (Å²) in [6.45, 7) is 6.58. The molecule has 3 unspecified atom stereocenters. The Balaban J connectivity index is 2.75. The van der Waals surface area contributed by atoms with Crippen LogP contribution in [0, 0.1) is 5.92 Å². The van der Waals surface area contributed by atoms with E-state index in [-0.39, 0.29) is 12.6 Å². The van der Waals surface area contributed by atoms with Crippen molar-refractivity contribution in [1.82, 2.24) is 9.55 Å². The summed E-state index contributed by atoms with van der Waals surface area (Å²) in [4.78, 5) is 4.12. The van der Waals surface area contributed by atoms with Gasteiger partial charge in [-0.1, -0.05) is 20.3 Å². The highest BCUT2D eigenvalue weighted by Gasteiger charge is 2.16. The molecule has 4 nitrogen and oxygen atoms in total. The first-order chi connectivity index (χ1) is 7.60. The zero-order chi connectivity index (χ0) is 12.1. The van der Waals surface area contributed by atoms with Gasteiger partial charge in [0, 0.05) is 12.2 Å². The summed E-state index contributed by atoms with van der Waals surface area (Å²) >= 11 is 0. The lowest BCUT2D eigenvalue weighted by molar-refractivity contribution is 0.259. The molecule has 1 heterocycles. The third kappa shape index (κ3) is 3.06. The van der Waals surface area contributed by atoms with Gasteiger partial charge in [0.2, 0.25) is 0 Å². The van der Waals surface area contributed by atoms with Crippen LogP contribution in [-0.2, 0) is 0 Å². The number of aliphatic hydroxyl groups excluding tert-OH is 1. The summed E-state index contributed by atoms with van der Waals surface area (Å²) in [5.74, 6) is 0.690. The predicted molar refractivity (Wildman–Crippen MR) is 65.0 cm³/mol. The van der Waals surface area contributed by atoms with E-state index in [2.05, 4.69) is 30.3 Å². The molecule has 16 heavy (non-hydrogen) atoms. The van der Waals surface area contributed by atoms with Crippen LogP contribution in [0.25, 0.3) is 0 Å². The van der Waals surface area contributed by atoms with E-state index in [1.807, 2.05) is 0 Å². The van der Waals surface area contributed by atoms with Gasteiger partial charge < -0.3 is 15.4 Å². The maximum atomic E-state index is 9.07. The van der Waals surface area contributed by atoms with Crippen molar-refractivity contribution < 1.29 is 5.11 Å². The number of imidazole rings is 1. The lowest BCUT2D eigenvalue weighted by Crippen LogP contribution is -2.21. The Morgan fingerprint density at radius 3 is 2.75 bits per heavy atom. The monoisotopic (exact) mass is 225 g/mol. The first-order valence-electron chi connectivity index (χ1n) is 5.98. The fourth-order valence-electron chi connectivity index (χ4n) is 1.93. The average molecular weight is 225 g/mol. The van der Waals surface area contributed by atoms with Crippen molar-refractivity contribution in [3.05, 3.63) is 18.2 Å². The van der Waals surface area contributed by atoms with Crippen LogP contribution in [0.4, 0.5) is 0 Å². The average Bonchev–Trinajstić information content (AvgIpc) is 2.76. The number of nitrogens with two attached hydrogens (primary N) is 1. The molecule has 0 aliphatic rings. The summed E-state index contributed by atoms with van der Waals surface area (Å²) in [6, 6.07) is 0.0481. The van der Waals surface area contributed by atoms with Crippen LogP contribution in [0.5, 0.6) is 0 Å². The standard InChI is InChI=1S/C12H23N3O/c1-4-9(2)5-10(3)15-8-14-6-12(15)11(13)7-16/h6,8-11,16H,4-5,7,13H2,1-3H3. The maximum absolute atomic E-state index is 9.07. The first-order valence-corrected chi connectivity index (χ1v) is 5.98. The van der Waals surface area contributed by atoms with Gasteiger partial charge in [-0.2, -0.15) is 0 Å². The second-order valence-corrected chi connectivity index (χ2v) is 4.61. The Kier molecular flexibility index (Phi) is 4.96. The summed E-state index contributed by atoms with van der Waals surface area (Å²) in [7, 11) is 0. The number of hydrogen-bond acceptors (Lipinski definition) is 3. The van der Waals surface area contributed by atoms with Gasteiger partial charge in [-0.15, -0.1) is 0 Å². The molecule has 0 aliphatic heterocycles. The van der Waals surface area contributed by atoms with E-state index >= 15 is 0 Å². The molecule has 1 rings (SSSR count). The Morgan fingerprint density at radius 2 is 2.19 bits per heavy atom. The lowest BCUT2D eigenvalue weighted by Gasteiger charge is -2.21. The SMILES string of the molecule is CCC(C)CC(C)n1cncc1C(N)CO. The minimum atomic E-state index is -0.332. The highest BCUT2D eigenvalue weighted by Crippen LogP contribution is 2.22. The minimum absolute atomic E-state index is 0.0399. The van der Waals surface area contributed by atoms with Crippen LogP contribution in [0.1, 0.15) is 51.4 Å². The van der Waals surface area contributed by atoms with Crippen LogP contribution in [0.15, 0.2) is 12.5 Å². The van der Waals surface area contributed by atoms with E-state index in [0.717, 1.165) is 12.1 Å². The third-order valence-electron chi connectivity index (χ3n) is 3.19. The van der Waals surface area contributed by atoms with Crippen molar-refractivity contribution >= 4 is 0 Å². The molecule has 0 aliphatic carbocycles. The molecule has 3 atom stereocenters. The predicted octanol–water partition coefficient (Wildman–Crippen LogP) is 1.87. The Morgan fingerprint density at radius 1 is 1.50 bits per heavy atom. The molecule has 1 aromatic heterocycles. The van der Waals surface area contributed by atoms with Crippen LogP contribution < -0.4 is 5.73 Å². The molecule has 0 saturated heterocycles. The third-order valence-corrected chi connectivity index (χ3v) is 3.19. The molecule has 0 spiro atoms. The lowest BCUT2D eigenvalue weighted by atomic mass is 10.00. The normalized spacial score (nSPS) is 17.1. The smallest absolute Gasteiger partial charge is 0.0951 e. The van der Waals surface area contributed by atoms with Gasteiger partial charge in [-0.05, 0) is 19.3 Å². The molecule has 0 aromatic carbocycles. The van der Waals surface area contributed by atoms with Crippen molar-refractivity contribution in [3.63, 3.8) is 0 Å². The van der Waals surface area contributed by atoms with Gasteiger partial charge in [-0.25, -0.2) is 4.98 Å². The van der Waals surface area contributed by atoms with Gasteiger partial charge >= 0.3 is 0 Å². The Bertz CT molecular complexity index is 311. The first kappa shape index (κ1) is 13.2. The van der Waals surface area contributed by atoms with Crippen molar-refractivity contribution in [2.75, 3.05) is 6.61 Å². The van der Waals surface area contributed by atoms with Gasteiger partial charge in [0.25, 0.3) is 0 Å². The van der Waals surface area contributed by atoms with E-state index < -0.39 is 0 Å². The largest absolute Gasteiger partial charge is 0.394 e. The molecule has 0 saturated carbocycles. The summed E-state index contributed by atoms with van der Waals surface area (Å²) in [5.41, 5.74) is 6.74. The maximum Gasteiger partial charge on any atom is 0.0951 e. The topological polar surface area (TPSA) is 64.1 Å². The van der Waals surface area contributed by atoms with E-state index in [1.165, 1.54) is 6.42 Å². The highest BCUT2D eigenvalue weighted by atomic mass is 16.3. The quantitative estimate of drug-likeness (QED) is 0.777. The van der Waals surface area contributed by atoms with Crippen LogP contribution in [-0.4, -0.2) is 21.3 Å². The van der Waals surface area contributed by atoms with E-state index in [9.17, 15) is 0 Å². The summed E-state index contributed by atoms with van der Waals surface area (Å²) in [6.07, 6.45) is 5.84. The molecule has 0 radical (unpaired) electrons. The molecule has 3 N–H and O–H groups in total. The number of aromatic nitrogens is 2. The van der Waals surface area contributed by atoms with Gasteiger partial charge in [0.05, 0.1) is 24.7 Å². The van der Waals surface area contributed by atoms with Crippen molar-refractivity contribution in [3.8, 4) is 0 Å². The number of aliphatic hydroxyl groups is 1. The fourth-order valence-corrected chi connectivity index (χ4v) is 1.93. The van der Waals surface area contributed by atoms with Crippen LogP contribution >= 0.6 is 0 Å². The zero-order valence-corrected chi connectivity index (χ0v) is 10.4. The molecule has 0 fully saturated rings. The van der Waals surface area contributed by atoms with Crippen LogP contribution in [0.3, 0.4) is 0 Å². The minimum Gasteiger partial charge on any atom is -0.394 e. The van der Waals surface area contributed by atoms with Crippen molar-refractivity contribution in [2.24, 2.45) is 11.7 Å². The van der Waals surface area contributed by atoms with E-state index in [0.29, 0.717) is 12.0 Å². The second-order valence-electron chi connectivity index (χ2n) is 4.61. The Hall–Kier alpha value is -0.870. The van der Waals surface area contributed by atoms with Crippen LogP contribution in [0.2, 0.25) is 0 Å². The van der Waals surface area contributed by atoms with Crippen molar-refractivity contribution in [2.45, 2.75) is 45.7 Å². The molecule has 1 aromatic rings. The zero-order valence-electron chi connectivity index (χ0n) is 10.4. The summed E-state index contributed by atoms with van der Waals surface area (Å²) in [5, 5.41) is 9.07. The summed E-state index contributed by atoms with van der Waals surface area (Å²) < 4.78 is 2.08. The Labute approximate surface area is 97.5 Å². The molecular weight excluding hydrogens is 202 g/mol. The van der Waals surface area contributed by atoms with Gasteiger partial charge in [0.15, 0.2) is 0 Å². The molecule has 0 amide bonds. The number of hydrogen-bond donors (Lipinski definition) is 2. The van der Waals surface area contributed by atoms with Gasteiger partial charge in [0.1, 0.15) is 0 Å². The molecular formula is C12H23N3O. The highest BCUT2D eigenvalue weighted by molar-refractivity contribution is 5.05. The number of nitrogens with zero attached hydrogens (tertiary/aromatic N) is 2. The molecule has 92 valence electrons. The van der Waals surface area contributed by atoms with E-state index in [1.54, 1.807) is 12.5 Å². The van der Waals surface area contributed by atoms with Crippen molar-refractivity contribution in [1.29, 1.82) is 0 Å². The van der Waals surface area contributed by atoms with E-state index in [4.69, 9.17) is 10.8 Å². The molecule has 0 bridgehead atoms. The van der Waals surface area contributed by atoms with Gasteiger partial charge in [-0.3, -0.25) is 0 Å². The molecule has 4 heteroatoms.